The van der Waals surface area contributed by atoms with E-state index in [-0.39, 0.29) is 11.7 Å². The molecule has 0 bridgehead atoms. The molecule has 0 aromatic heterocycles. The first-order valence-corrected chi connectivity index (χ1v) is 8.08. The van der Waals surface area contributed by atoms with E-state index in [9.17, 15) is 9.18 Å². The van der Waals surface area contributed by atoms with Crippen LogP contribution in [0.2, 0.25) is 10.0 Å². The maximum atomic E-state index is 13.2. The molecule has 0 spiro atoms. The van der Waals surface area contributed by atoms with Gasteiger partial charge in [-0.25, -0.2) is 9.38 Å². The Kier molecular flexibility index (Phi) is 4.71. The number of carbonyl (C=O) groups is 1. The highest BCUT2D eigenvalue weighted by atomic mass is 35.5. The molecule has 0 aliphatic carbocycles. The molecular formula is C16H9Cl2FN2OS. The highest BCUT2D eigenvalue weighted by molar-refractivity contribution is 8.18. The van der Waals surface area contributed by atoms with Crippen LogP contribution >= 0.6 is 35.0 Å². The highest BCUT2D eigenvalue weighted by Crippen LogP contribution is 2.30. The third-order valence-corrected chi connectivity index (χ3v) is 4.22. The van der Waals surface area contributed by atoms with Crippen LogP contribution < -0.4 is 5.32 Å². The summed E-state index contributed by atoms with van der Waals surface area (Å²) in [5.41, 5.74) is 1.15. The number of hydrogen-bond donors (Lipinski definition) is 1. The number of amidine groups is 1. The van der Waals surface area contributed by atoms with Crippen molar-refractivity contribution in [1.29, 1.82) is 0 Å². The quantitative estimate of drug-likeness (QED) is 0.757. The Labute approximate surface area is 146 Å². The average Bonchev–Trinajstić information content (AvgIpc) is 2.77. The van der Waals surface area contributed by atoms with E-state index in [0.717, 1.165) is 0 Å². The molecule has 3 rings (SSSR count). The number of hydrogen-bond acceptors (Lipinski definition) is 3. The Morgan fingerprint density at radius 3 is 2.57 bits per heavy atom. The molecule has 1 aliphatic heterocycles. The van der Waals surface area contributed by atoms with Crippen LogP contribution in [0.5, 0.6) is 0 Å². The first kappa shape index (κ1) is 16.1. The molecule has 0 atom stereocenters. The molecule has 1 saturated heterocycles. The standard InChI is InChI=1S/C16H9Cl2FN2OS/c17-10-6-11(18)8-13(7-10)20-16-21-15(22)14(23-16)5-9-2-1-3-12(19)4-9/h1-8H,(H,20,21,22)/b14-5-. The summed E-state index contributed by atoms with van der Waals surface area (Å²) in [5.74, 6) is -0.642. The summed E-state index contributed by atoms with van der Waals surface area (Å²) < 4.78 is 13.2. The second-order valence-electron chi connectivity index (χ2n) is 4.66. The van der Waals surface area contributed by atoms with E-state index in [4.69, 9.17) is 23.2 Å². The van der Waals surface area contributed by atoms with Gasteiger partial charge in [0.25, 0.3) is 5.91 Å². The van der Waals surface area contributed by atoms with Crippen LogP contribution in [0.25, 0.3) is 6.08 Å². The first-order chi connectivity index (χ1) is 11.0. The van der Waals surface area contributed by atoms with Crippen LogP contribution in [-0.4, -0.2) is 11.1 Å². The van der Waals surface area contributed by atoms with Crippen LogP contribution in [0.3, 0.4) is 0 Å². The van der Waals surface area contributed by atoms with Crippen molar-refractivity contribution >= 4 is 57.8 Å². The Morgan fingerprint density at radius 2 is 1.87 bits per heavy atom. The number of amides is 1. The number of aliphatic imine (C=N–C) groups is 1. The number of halogens is 3. The second kappa shape index (κ2) is 6.74. The molecule has 0 saturated carbocycles. The fourth-order valence-corrected chi connectivity index (χ4v) is 3.31. The predicted octanol–water partition coefficient (Wildman–Crippen LogP) is 5.02. The third-order valence-electron chi connectivity index (χ3n) is 2.88. The molecule has 3 nitrogen and oxygen atoms in total. The van der Waals surface area contributed by atoms with Gasteiger partial charge in [0.2, 0.25) is 0 Å². The number of nitrogens with one attached hydrogen (secondary N) is 1. The number of benzene rings is 2. The molecular weight excluding hydrogens is 358 g/mol. The van der Waals surface area contributed by atoms with Crippen LogP contribution in [0.4, 0.5) is 10.1 Å². The second-order valence-corrected chi connectivity index (χ2v) is 6.57. The van der Waals surface area contributed by atoms with Crippen LogP contribution in [0.15, 0.2) is 52.4 Å². The largest absolute Gasteiger partial charge is 0.300 e. The summed E-state index contributed by atoms with van der Waals surface area (Å²) in [6.45, 7) is 0. The van der Waals surface area contributed by atoms with Gasteiger partial charge in [-0.3, -0.25) is 4.79 Å². The SMILES string of the molecule is O=C1NC(=Nc2cc(Cl)cc(Cl)c2)S/C1=C\c1cccc(F)c1. The fourth-order valence-electron chi connectivity index (χ4n) is 1.95. The lowest BCUT2D eigenvalue weighted by atomic mass is 10.2. The van der Waals surface area contributed by atoms with Crippen molar-refractivity contribution in [2.24, 2.45) is 4.99 Å². The van der Waals surface area contributed by atoms with Gasteiger partial charge in [0.15, 0.2) is 5.17 Å². The van der Waals surface area contributed by atoms with Gasteiger partial charge < -0.3 is 5.32 Å². The molecule has 2 aromatic rings. The maximum absolute atomic E-state index is 13.2. The van der Waals surface area contributed by atoms with Gasteiger partial charge in [-0.1, -0.05) is 35.3 Å². The minimum Gasteiger partial charge on any atom is -0.300 e. The fraction of sp³-hybridized carbons (Fsp3) is 0. The van der Waals surface area contributed by atoms with Crippen molar-refractivity contribution in [3.63, 3.8) is 0 Å². The summed E-state index contributed by atoms with van der Waals surface area (Å²) in [6, 6.07) is 10.9. The number of carbonyl (C=O) groups excluding carboxylic acids is 1. The first-order valence-electron chi connectivity index (χ1n) is 6.51. The van der Waals surface area contributed by atoms with Crippen LogP contribution in [0.1, 0.15) is 5.56 Å². The zero-order valence-electron chi connectivity index (χ0n) is 11.5. The van der Waals surface area contributed by atoms with E-state index in [1.807, 2.05) is 0 Å². The molecule has 2 aromatic carbocycles. The molecule has 116 valence electrons. The zero-order valence-corrected chi connectivity index (χ0v) is 13.8. The van der Waals surface area contributed by atoms with Crippen molar-refractivity contribution in [1.82, 2.24) is 5.32 Å². The van der Waals surface area contributed by atoms with Crippen molar-refractivity contribution in [2.45, 2.75) is 0 Å². The minimum absolute atomic E-state index is 0.286. The molecule has 1 aliphatic rings. The Bertz CT molecular complexity index is 831. The number of nitrogens with zero attached hydrogens (tertiary/aromatic N) is 1. The van der Waals surface area contributed by atoms with Gasteiger partial charge in [-0.2, -0.15) is 0 Å². The Morgan fingerprint density at radius 1 is 1.13 bits per heavy atom. The average molecular weight is 367 g/mol. The van der Waals surface area contributed by atoms with Crippen LogP contribution in [0, 0.1) is 5.82 Å². The molecule has 7 heteroatoms. The van der Waals surface area contributed by atoms with Gasteiger partial charge in [-0.15, -0.1) is 0 Å². The van der Waals surface area contributed by atoms with Crippen molar-refractivity contribution in [3.8, 4) is 0 Å². The third kappa shape index (κ3) is 4.13. The molecule has 23 heavy (non-hydrogen) atoms. The van der Waals surface area contributed by atoms with Crippen LogP contribution in [-0.2, 0) is 4.79 Å². The summed E-state index contributed by atoms with van der Waals surface area (Å²) in [6.07, 6.45) is 1.61. The normalized spacial score (nSPS) is 17.8. The maximum Gasteiger partial charge on any atom is 0.264 e. The van der Waals surface area contributed by atoms with E-state index in [1.54, 1.807) is 36.4 Å². The molecule has 1 fully saturated rings. The van der Waals surface area contributed by atoms with Crippen molar-refractivity contribution < 1.29 is 9.18 Å². The Balaban J connectivity index is 1.86. The number of rotatable bonds is 2. The van der Waals surface area contributed by atoms with E-state index < -0.39 is 0 Å². The summed E-state index contributed by atoms with van der Waals surface area (Å²) >= 11 is 13.0. The monoisotopic (exact) mass is 366 g/mol. The molecule has 0 radical (unpaired) electrons. The van der Waals surface area contributed by atoms with Gasteiger partial charge in [0.1, 0.15) is 5.82 Å². The highest BCUT2D eigenvalue weighted by Gasteiger charge is 2.23. The van der Waals surface area contributed by atoms with Gasteiger partial charge in [-0.05, 0) is 53.7 Å². The zero-order chi connectivity index (χ0) is 16.4. The topological polar surface area (TPSA) is 41.5 Å². The molecule has 1 heterocycles. The molecule has 1 amide bonds. The van der Waals surface area contributed by atoms with Crippen molar-refractivity contribution in [2.75, 3.05) is 0 Å². The lowest BCUT2D eigenvalue weighted by Gasteiger charge is -1.98. The van der Waals surface area contributed by atoms with Gasteiger partial charge in [0, 0.05) is 10.0 Å². The number of thioether (sulfide) groups is 1. The van der Waals surface area contributed by atoms with E-state index in [2.05, 4.69) is 10.3 Å². The van der Waals surface area contributed by atoms with Crippen molar-refractivity contribution in [3.05, 3.63) is 68.8 Å². The smallest absolute Gasteiger partial charge is 0.264 e. The molecule has 0 unspecified atom stereocenters. The lowest BCUT2D eigenvalue weighted by Crippen LogP contribution is -2.19. The Hall–Kier alpha value is -1.82. The molecule has 1 N–H and O–H groups in total. The van der Waals surface area contributed by atoms with E-state index in [0.29, 0.717) is 31.4 Å². The van der Waals surface area contributed by atoms with Gasteiger partial charge in [0.05, 0.1) is 10.6 Å². The lowest BCUT2D eigenvalue weighted by molar-refractivity contribution is -0.115. The van der Waals surface area contributed by atoms with Gasteiger partial charge >= 0.3 is 0 Å². The summed E-state index contributed by atoms with van der Waals surface area (Å²) in [4.78, 5) is 16.7. The minimum atomic E-state index is -0.356. The van der Waals surface area contributed by atoms with E-state index in [1.165, 1.54) is 23.9 Å². The summed E-state index contributed by atoms with van der Waals surface area (Å²) in [5, 5.41) is 3.98. The summed E-state index contributed by atoms with van der Waals surface area (Å²) in [7, 11) is 0. The predicted molar refractivity (Wildman–Crippen MR) is 93.7 cm³/mol. The van der Waals surface area contributed by atoms with E-state index >= 15 is 0 Å².